The van der Waals surface area contributed by atoms with Crippen molar-refractivity contribution in [1.82, 2.24) is 24.2 Å². The van der Waals surface area contributed by atoms with Crippen molar-refractivity contribution in [2.75, 3.05) is 39.8 Å². The molecule has 1 aliphatic rings. The summed E-state index contributed by atoms with van der Waals surface area (Å²) in [5.74, 6) is 0.696. The molecule has 0 bridgehead atoms. The Morgan fingerprint density at radius 1 is 1.03 bits per heavy atom. The predicted octanol–water partition coefficient (Wildman–Crippen LogP) is 2.55. The van der Waals surface area contributed by atoms with Crippen LogP contribution in [-0.4, -0.2) is 78.2 Å². The van der Waals surface area contributed by atoms with E-state index >= 15 is 0 Å². The third kappa shape index (κ3) is 5.52. The van der Waals surface area contributed by atoms with E-state index in [1.54, 1.807) is 19.2 Å². The molecule has 34 heavy (non-hydrogen) atoms. The van der Waals surface area contributed by atoms with Gasteiger partial charge in [-0.25, -0.2) is 8.42 Å². The molecule has 9 nitrogen and oxygen atoms in total. The topological polar surface area (TPSA) is 97.6 Å². The molecule has 0 saturated carbocycles. The molecule has 1 saturated heterocycles. The maximum Gasteiger partial charge on any atom is 0.243 e. The Morgan fingerprint density at radius 3 is 2.44 bits per heavy atom. The lowest BCUT2D eigenvalue weighted by molar-refractivity contribution is 0.101. The molecule has 0 unspecified atom stereocenters. The minimum atomic E-state index is -3.56. The molecule has 1 aromatic heterocycles. The number of hydrogen-bond donors (Lipinski definition) is 0. The molecule has 0 atom stereocenters. The van der Waals surface area contributed by atoms with Crippen LogP contribution >= 0.6 is 0 Å². The van der Waals surface area contributed by atoms with Crippen molar-refractivity contribution < 1.29 is 17.9 Å². The second-order valence-corrected chi connectivity index (χ2v) is 10.2. The number of carbonyl (C=O) groups is 1. The van der Waals surface area contributed by atoms with E-state index in [2.05, 4.69) is 15.2 Å². The zero-order valence-corrected chi connectivity index (χ0v) is 20.2. The van der Waals surface area contributed by atoms with Crippen molar-refractivity contribution in [2.45, 2.75) is 24.8 Å². The molecule has 0 spiro atoms. The normalized spacial score (nSPS) is 15.4. The van der Waals surface area contributed by atoms with Gasteiger partial charge in [0, 0.05) is 50.4 Å². The van der Waals surface area contributed by atoms with Crippen LogP contribution in [0.5, 0.6) is 5.75 Å². The van der Waals surface area contributed by atoms with Crippen LogP contribution in [0.2, 0.25) is 0 Å². The van der Waals surface area contributed by atoms with Crippen LogP contribution in [0.3, 0.4) is 0 Å². The van der Waals surface area contributed by atoms with Crippen LogP contribution < -0.4 is 4.74 Å². The number of Topliss-reactive ketones (excluding diaryl/α,β-unsaturated/α-hetero) is 1. The molecule has 180 valence electrons. The molecule has 0 radical (unpaired) electrons. The zero-order valence-electron chi connectivity index (χ0n) is 19.4. The number of aromatic nitrogens is 3. The van der Waals surface area contributed by atoms with Crippen molar-refractivity contribution in [3.05, 3.63) is 60.3 Å². The van der Waals surface area contributed by atoms with Crippen LogP contribution in [0.4, 0.5) is 0 Å². The number of nitrogens with zero attached hydrogens (tertiary/aromatic N) is 5. The molecule has 0 aliphatic carbocycles. The summed E-state index contributed by atoms with van der Waals surface area (Å²) < 4.78 is 34.5. The highest BCUT2D eigenvalue weighted by Gasteiger charge is 2.28. The summed E-state index contributed by atoms with van der Waals surface area (Å²) >= 11 is 0. The lowest BCUT2D eigenvalue weighted by Crippen LogP contribution is -2.48. The number of carbonyl (C=O) groups excluding carboxylic acids is 1. The molecular weight excluding hydrogens is 454 g/mol. The lowest BCUT2D eigenvalue weighted by Gasteiger charge is -2.34. The number of methoxy groups -OCH3 is 1. The van der Waals surface area contributed by atoms with Gasteiger partial charge in [-0.1, -0.05) is 29.5 Å². The standard InChI is InChI=1S/C24H29N5O4S/c1-19(30)20-7-9-23(10-8-20)34(31,32)29-15-13-27(14-16-29)11-4-12-28-18-24(25-26-28)21-5-3-6-22(17-21)33-2/h3,5-10,17-18H,4,11-16H2,1-2H3. The Labute approximate surface area is 200 Å². The summed E-state index contributed by atoms with van der Waals surface area (Å²) in [6, 6.07) is 13.9. The molecule has 1 fully saturated rings. The number of ketones is 1. The largest absolute Gasteiger partial charge is 0.497 e. The predicted molar refractivity (Wildman–Crippen MR) is 128 cm³/mol. The second kappa shape index (κ2) is 10.5. The minimum absolute atomic E-state index is 0.0834. The van der Waals surface area contributed by atoms with Crippen molar-refractivity contribution >= 4 is 15.8 Å². The molecule has 2 heterocycles. The summed E-state index contributed by atoms with van der Waals surface area (Å²) in [6.07, 6.45) is 2.82. The Bertz CT molecular complexity index is 1230. The molecule has 10 heteroatoms. The van der Waals surface area contributed by atoms with Gasteiger partial charge in [0.2, 0.25) is 10.0 Å². The van der Waals surface area contributed by atoms with Gasteiger partial charge in [-0.3, -0.25) is 9.48 Å². The van der Waals surface area contributed by atoms with Crippen LogP contribution in [0, 0.1) is 0 Å². The van der Waals surface area contributed by atoms with Gasteiger partial charge in [-0.15, -0.1) is 5.10 Å². The Hall–Kier alpha value is -3.08. The molecule has 0 N–H and O–H groups in total. The van der Waals surface area contributed by atoms with Crippen LogP contribution in [0.15, 0.2) is 59.6 Å². The van der Waals surface area contributed by atoms with E-state index in [1.165, 1.54) is 23.4 Å². The number of benzene rings is 2. The first-order valence-corrected chi connectivity index (χ1v) is 12.7. The van der Waals surface area contributed by atoms with E-state index in [-0.39, 0.29) is 10.7 Å². The summed E-state index contributed by atoms with van der Waals surface area (Å²) in [4.78, 5) is 13.9. The first-order chi connectivity index (χ1) is 16.4. The molecule has 1 aliphatic heterocycles. The molecule has 2 aromatic carbocycles. The van der Waals surface area contributed by atoms with Gasteiger partial charge in [0.15, 0.2) is 5.78 Å². The molecule has 4 rings (SSSR count). The summed E-state index contributed by atoms with van der Waals surface area (Å²) in [5, 5.41) is 8.48. The number of sulfonamides is 1. The maximum absolute atomic E-state index is 12.9. The number of aryl methyl sites for hydroxylation is 1. The highest BCUT2D eigenvalue weighted by molar-refractivity contribution is 7.89. The van der Waals surface area contributed by atoms with Gasteiger partial charge < -0.3 is 9.64 Å². The third-order valence-electron chi connectivity index (χ3n) is 6.00. The zero-order chi connectivity index (χ0) is 24.1. The van der Waals surface area contributed by atoms with Crippen molar-refractivity contribution in [1.29, 1.82) is 0 Å². The SMILES string of the molecule is COc1cccc(-c2cn(CCCN3CCN(S(=O)(=O)c4ccc(C(C)=O)cc4)CC3)nn2)c1. The number of rotatable bonds is 9. The Balaban J connectivity index is 1.25. The van der Waals surface area contributed by atoms with Gasteiger partial charge in [0.25, 0.3) is 0 Å². The quantitative estimate of drug-likeness (QED) is 0.432. The highest BCUT2D eigenvalue weighted by atomic mass is 32.2. The van der Waals surface area contributed by atoms with E-state index in [0.717, 1.165) is 36.5 Å². The fraction of sp³-hybridized carbons (Fsp3) is 0.375. The van der Waals surface area contributed by atoms with Crippen molar-refractivity contribution in [3.63, 3.8) is 0 Å². The Morgan fingerprint density at radius 2 is 1.76 bits per heavy atom. The summed E-state index contributed by atoms with van der Waals surface area (Å²) in [7, 11) is -1.92. The number of ether oxygens (including phenoxy) is 1. The van der Waals surface area contributed by atoms with Gasteiger partial charge in [-0.2, -0.15) is 4.31 Å². The third-order valence-corrected chi connectivity index (χ3v) is 7.91. The number of hydrogen-bond acceptors (Lipinski definition) is 7. The van der Waals surface area contributed by atoms with Gasteiger partial charge >= 0.3 is 0 Å². The monoisotopic (exact) mass is 483 g/mol. The fourth-order valence-electron chi connectivity index (χ4n) is 3.98. The summed E-state index contributed by atoms with van der Waals surface area (Å²) in [5.41, 5.74) is 2.26. The van der Waals surface area contributed by atoms with Crippen molar-refractivity contribution in [2.24, 2.45) is 0 Å². The fourth-order valence-corrected chi connectivity index (χ4v) is 5.41. The molecule has 0 amide bonds. The van der Waals surface area contributed by atoms with Crippen LogP contribution in [-0.2, 0) is 16.6 Å². The number of piperazine rings is 1. The molecular formula is C24H29N5O4S. The highest BCUT2D eigenvalue weighted by Crippen LogP contribution is 2.22. The van der Waals surface area contributed by atoms with Gasteiger partial charge in [0.1, 0.15) is 11.4 Å². The maximum atomic E-state index is 12.9. The lowest BCUT2D eigenvalue weighted by atomic mass is 10.1. The second-order valence-electron chi connectivity index (χ2n) is 8.28. The van der Waals surface area contributed by atoms with E-state index < -0.39 is 10.0 Å². The van der Waals surface area contributed by atoms with E-state index in [4.69, 9.17) is 4.74 Å². The smallest absolute Gasteiger partial charge is 0.243 e. The minimum Gasteiger partial charge on any atom is -0.497 e. The first kappa shape index (κ1) is 24.1. The van der Waals surface area contributed by atoms with Gasteiger partial charge in [0.05, 0.1) is 18.2 Å². The van der Waals surface area contributed by atoms with E-state index in [9.17, 15) is 13.2 Å². The van der Waals surface area contributed by atoms with E-state index in [0.29, 0.717) is 31.7 Å². The first-order valence-electron chi connectivity index (χ1n) is 11.2. The molecule has 3 aromatic rings. The van der Waals surface area contributed by atoms with Crippen LogP contribution in [0.25, 0.3) is 11.3 Å². The average Bonchev–Trinajstić information content (AvgIpc) is 3.33. The van der Waals surface area contributed by atoms with E-state index in [1.807, 2.05) is 35.1 Å². The Kier molecular flexibility index (Phi) is 7.40. The van der Waals surface area contributed by atoms with Gasteiger partial charge in [-0.05, 0) is 37.6 Å². The average molecular weight is 484 g/mol. The van der Waals surface area contributed by atoms with Crippen LogP contribution in [0.1, 0.15) is 23.7 Å². The van der Waals surface area contributed by atoms with Crippen molar-refractivity contribution in [3.8, 4) is 17.0 Å². The summed E-state index contributed by atoms with van der Waals surface area (Å²) in [6.45, 7) is 5.30.